The molecule has 0 unspecified atom stereocenters. The van der Waals surface area contributed by atoms with Crippen molar-refractivity contribution in [2.45, 2.75) is 6.54 Å². The average Bonchev–Trinajstić information content (AvgIpc) is 2.71. The molecule has 4 nitrogen and oxygen atoms in total. The quantitative estimate of drug-likeness (QED) is 0.625. The molecule has 132 valence electrons. The first-order valence-electron chi connectivity index (χ1n) is 8.54. The van der Waals surface area contributed by atoms with E-state index in [-0.39, 0.29) is 5.91 Å². The number of ether oxygens (including phenoxy) is 2. The number of nitrogens with one attached hydrogen (secondary N) is 1. The Labute approximate surface area is 153 Å². The zero-order valence-corrected chi connectivity index (χ0v) is 14.4. The fourth-order valence-corrected chi connectivity index (χ4v) is 2.44. The molecule has 26 heavy (non-hydrogen) atoms. The van der Waals surface area contributed by atoms with Crippen LogP contribution in [0, 0.1) is 0 Å². The van der Waals surface area contributed by atoms with Crippen LogP contribution in [0.2, 0.25) is 0 Å². The number of hydrogen-bond acceptors (Lipinski definition) is 3. The van der Waals surface area contributed by atoms with Gasteiger partial charge in [0.2, 0.25) is 0 Å². The maximum absolute atomic E-state index is 12.3. The van der Waals surface area contributed by atoms with Gasteiger partial charge in [-0.15, -0.1) is 0 Å². The summed E-state index contributed by atoms with van der Waals surface area (Å²) in [6.45, 7) is 1.34. The van der Waals surface area contributed by atoms with Crippen LogP contribution in [0.25, 0.3) is 0 Å². The van der Waals surface area contributed by atoms with Crippen LogP contribution in [-0.4, -0.2) is 19.1 Å². The van der Waals surface area contributed by atoms with E-state index in [1.54, 1.807) is 12.1 Å². The lowest BCUT2D eigenvalue weighted by Gasteiger charge is -2.10. The standard InChI is InChI=1S/C22H21NO3/c24-22(23-17-18-8-3-1-4-9-18)19-10-7-13-21(16-19)26-15-14-25-20-11-5-2-6-12-20/h1-13,16H,14-15,17H2,(H,23,24). The minimum Gasteiger partial charge on any atom is -0.490 e. The van der Waals surface area contributed by atoms with Gasteiger partial charge in [0.25, 0.3) is 5.91 Å². The van der Waals surface area contributed by atoms with Gasteiger partial charge in [0.05, 0.1) is 0 Å². The molecule has 3 rings (SSSR count). The number of rotatable bonds is 8. The topological polar surface area (TPSA) is 47.6 Å². The van der Waals surface area contributed by atoms with Crippen molar-refractivity contribution in [2.75, 3.05) is 13.2 Å². The van der Waals surface area contributed by atoms with E-state index in [1.165, 1.54) is 0 Å². The van der Waals surface area contributed by atoms with Crippen LogP contribution in [0.3, 0.4) is 0 Å². The van der Waals surface area contributed by atoms with E-state index in [1.807, 2.05) is 72.8 Å². The van der Waals surface area contributed by atoms with Crippen LogP contribution in [0.15, 0.2) is 84.9 Å². The number of carbonyl (C=O) groups is 1. The summed E-state index contributed by atoms with van der Waals surface area (Å²) in [5, 5.41) is 2.91. The summed E-state index contributed by atoms with van der Waals surface area (Å²) < 4.78 is 11.3. The van der Waals surface area contributed by atoms with Crippen LogP contribution in [0.5, 0.6) is 11.5 Å². The molecule has 3 aromatic carbocycles. The molecule has 0 saturated carbocycles. The molecule has 1 amide bonds. The number of benzene rings is 3. The fourth-order valence-electron chi connectivity index (χ4n) is 2.44. The van der Waals surface area contributed by atoms with Gasteiger partial charge in [0, 0.05) is 12.1 Å². The normalized spacial score (nSPS) is 10.2. The summed E-state index contributed by atoms with van der Waals surface area (Å²) in [7, 11) is 0. The van der Waals surface area contributed by atoms with Crippen LogP contribution >= 0.6 is 0 Å². The first kappa shape index (κ1) is 17.5. The van der Waals surface area contributed by atoms with E-state index in [2.05, 4.69) is 5.32 Å². The Bertz CT molecular complexity index is 819. The largest absolute Gasteiger partial charge is 0.490 e. The van der Waals surface area contributed by atoms with Crippen molar-refractivity contribution in [1.29, 1.82) is 0 Å². The molecule has 0 aromatic heterocycles. The second-order valence-corrected chi connectivity index (χ2v) is 5.71. The Morgan fingerprint density at radius 3 is 2.08 bits per heavy atom. The number of para-hydroxylation sites is 1. The van der Waals surface area contributed by atoms with E-state index in [0.717, 1.165) is 11.3 Å². The van der Waals surface area contributed by atoms with Crippen molar-refractivity contribution in [1.82, 2.24) is 5.32 Å². The molecule has 4 heteroatoms. The molecular weight excluding hydrogens is 326 g/mol. The van der Waals surface area contributed by atoms with Gasteiger partial charge in [-0.3, -0.25) is 4.79 Å². The van der Waals surface area contributed by atoms with Crippen molar-refractivity contribution >= 4 is 5.91 Å². The summed E-state index contributed by atoms with van der Waals surface area (Å²) in [5.41, 5.74) is 1.63. The molecule has 0 radical (unpaired) electrons. The Kier molecular flexibility index (Phi) is 6.26. The summed E-state index contributed by atoms with van der Waals surface area (Å²) >= 11 is 0. The average molecular weight is 347 g/mol. The third-order valence-electron chi connectivity index (χ3n) is 3.76. The molecule has 0 bridgehead atoms. The molecule has 0 aliphatic heterocycles. The molecule has 0 spiro atoms. The van der Waals surface area contributed by atoms with Gasteiger partial charge in [0.1, 0.15) is 24.7 Å². The maximum Gasteiger partial charge on any atom is 0.251 e. The smallest absolute Gasteiger partial charge is 0.251 e. The minimum absolute atomic E-state index is 0.125. The third-order valence-corrected chi connectivity index (χ3v) is 3.76. The van der Waals surface area contributed by atoms with Crippen molar-refractivity contribution < 1.29 is 14.3 Å². The van der Waals surface area contributed by atoms with E-state index >= 15 is 0 Å². The Morgan fingerprint density at radius 2 is 1.35 bits per heavy atom. The van der Waals surface area contributed by atoms with E-state index in [9.17, 15) is 4.79 Å². The predicted octanol–water partition coefficient (Wildman–Crippen LogP) is 4.07. The monoisotopic (exact) mass is 347 g/mol. The van der Waals surface area contributed by atoms with Gasteiger partial charge in [0.15, 0.2) is 0 Å². The molecule has 0 atom stereocenters. The second-order valence-electron chi connectivity index (χ2n) is 5.71. The summed E-state index contributed by atoms with van der Waals surface area (Å²) in [6, 6.07) is 26.6. The lowest BCUT2D eigenvalue weighted by Crippen LogP contribution is -2.22. The lowest BCUT2D eigenvalue weighted by molar-refractivity contribution is 0.0950. The minimum atomic E-state index is -0.125. The molecule has 1 N–H and O–H groups in total. The van der Waals surface area contributed by atoms with Gasteiger partial charge in [-0.1, -0.05) is 54.6 Å². The Hall–Kier alpha value is -3.27. The summed E-state index contributed by atoms with van der Waals surface area (Å²) in [6.07, 6.45) is 0. The van der Waals surface area contributed by atoms with Crippen LogP contribution in [-0.2, 0) is 6.54 Å². The summed E-state index contributed by atoms with van der Waals surface area (Å²) in [5.74, 6) is 1.33. The van der Waals surface area contributed by atoms with Gasteiger partial charge < -0.3 is 14.8 Å². The highest BCUT2D eigenvalue weighted by Gasteiger charge is 2.06. The molecule has 0 saturated heterocycles. The van der Waals surface area contributed by atoms with Crippen LogP contribution in [0.1, 0.15) is 15.9 Å². The highest BCUT2D eigenvalue weighted by Crippen LogP contribution is 2.14. The number of carbonyl (C=O) groups excluding carboxylic acids is 1. The molecule has 0 aliphatic carbocycles. The maximum atomic E-state index is 12.3. The predicted molar refractivity (Wildman–Crippen MR) is 101 cm³/mol. The van der Waals surface area contributed by atoms with Crippen LogP contribution < -0.4 is 14.8 Å². The van der Waals surface area contributed by atoms with Gasteiger partial charge >= 0.3 is 0 Å². The lowest BCUT2D eigenvalue weighted by atomic mass is 10.2. The van der Waals surface area contributed by atoms with Crippen molar-refractivity contribution in [3.63, 3.8) is 0 Å². The highest BCUT2D eigenvalue weighted by atomic mass is 16.5. The summed E-state index contributed by atoms with van der Waals surface area (Å²) in [4.78, 5) is 12.3. The van der Waals surface area contributed by atoms with Gasteiger partial charge in [-0.05, 0) is 35.9 Å². The zero-order valence-electron chi connectivity index (χ0n) is 14.4. The van der Waals surface area contributed by atoms with Crippen molar-refractivity contribution in [3.05, 3.63) is 96.1 Å². The van der Waals surface area contributed by atoms with Gasteiger partial charge in [-0.25, -0.2) is 0 Å². The zero-order chi connectivity index (χ0) is 18.0. The SMILES string of the molecule is O=C(NCc1ccccc1)c1cccc(OCCOc2ccccc2)c1. The fraction of sp³-hybridized carbons (Fsp3) is 0.136. The highest BCUT2D eigenvalue weighted by molar-refractivity contribution is 5.94. The number of amides is 1. The molecule has 3 aromatic rings. The van der Waals surface area contributed by atoms with Gasteiger partial charge in [-0.2, -0.15) is 0 Å². The first-order chi connectivity index (χ1) is 12.8. The molecule has 0 aliphatic rings. The van der Waals surface area contributed by atoms with Crippen molar-refractivity contribution in [2.24, 2.45) is 0 Å². The van der Waals surface area contributed by atoms with E-state index < -0.39 is 0 Å². The van der Waals surface area contributed by atoms with Crippen molar-refractivity contribution in [3.8, 4) is 11.5 Å². The van der Waals surface area contributed by atoms with E-state index in [0.29, 0.717) is 31.1 Å². The molecule has 0 heterocycles. The van der Waals surface area contributed by atoms with E-state index in [4.69, 9.17) is 9.47 Å². The molecular formula is C22H21NO3. The molecule has 0 fully saturated rings. The second kappa shape index (κ2) is 9.28. The Balaban J connectivity index is 1.47. The van der Waals surface area contributed by atoms with Crippen LogP contribution in [0.4, 0.5) is 0 Å². The first-order valence-corrected chi connectivity index (χ1v) is 8.54. The Morgan fingerprint density at radius 1 is 0.731 bits per heavy atom. The third kappa shape index (κ3) is 5.38. The number of hydrogen-bond donors (Lipinski definition) is 1.